The number of carbonyl (C=O) groups excluding carboxylic acids is 2. The maximum Gasteiger partial charge on any atom is 0.416 e. The van der Waals surface area contributed by atoms with Crippen LogP contribution in [0.3, 0.4) is 0 Å². The van der Waals surface area contributed by atoms with Crippen molar-refractivity contribution >= 4 is 17.9 Å². The lowest BCUT2D eigenvalue weighted by molar-refractivity contribution is -0.137. The van der Waals surface area contributed by atoms with Crippen LogP contribution in [0.15, 0.2) is 66.7 Å². The molecular formula is C26H24F3N3O2. The van der Waals surface area contributed by atoms with Crippen molar-refractivity contribution in [3.63, 3.8) is 0 Å². The normalized spacial score (nSPS) is 14.8. The average Bonchev–Trinajstić information content (AvgIpc) is 2.83. The Morgan fingerprint density at radius 1 is 1.06 bits per heavy atom. The third kappa shape index (κ3) is 5.35. The van der Waals surface area contributed by atoms with Crippen LogP contribution in [0, 0.1) is 0 Å². The maximum atomic E-state index is 13.1. The largest absolute Gasteiger partial charge is 0.416 e. The van der Waals surface area contributed by atoms with Crippen LogP contribution in [-0.2, 0) is 23.9 Å². The predicted molar refractivity (Wildman–Crippen MR) is 124 cm³/mol. The summed E-state index contributed by atoms with van der Waals surface area (Å²) in [6, 6.07) is 16.8. The molecule has 0 aromatic heterocycles. The van der Waals surface area contributed by atoms with Crippen LogP contribution in [-0.4, -0.2) is 36.2 Å². The fraction of sp³-hybridized carbons (Fsp3) is 0.231. The molecule has 0 bridgehead atoms. The van der Waals surface area contributed by atoms with Crippen molar-refractivity contribution in [2.45, 2.75) is 25.2 Å². The quantitative estimate of drug-likeness (QED) is 0.523. The standard InChI is InChI=1S/C26H24F3N3O2/c27-26(28,29)20-8-5-17(6-9-20)23-3-1-2-4-24(23)25(34)31-22-10-7-19-14-32(15-21(30)16-33)12-11-18(19)13-22/h1-10,13,16,21H,11-12,14-15,30H2,(H,31,34). The van der Waals surface area contributed by atoms with E-state index in [0.717, 1.165) is 42.5 Å². The highest BCUT2D eigenvalue weighted by Gasteiger charge is 2.30. The molecule has 1 aliphatic rings. The number of halogens is 3. The van der Waals surface area contributed by atoms with E-state index >= 15 is 0 Å². The van der Waals surface area contributed by atoms with Gasteiger partial charge in [-0.2, -0.15) is 13.2 Å². The lowest BCUT2D eigenvalue weighted by atomic mass is 9.97. The lowest BCUT2D eigenvalue weighted by Gasteiger charge is -2.29. The number of fused-ring (bicyclic) bond motifs is 1. The average molecular weight is 467 g/mol. The molecule has 0 saturated carbocycles. The minimum absolute atomic E-state index is 0.343. The highest BCUT2D eigenvalue weighted by molar-refractivity contribution is 6.08. The van der Waals surface area contributed by atoms with E-state index in [9.17, 15) is 22.8 Å². The van der Waals surface area contributed by atoms with Gasteiger partial charge in [-0.3, -0.25) is 9.69 Å². The third-order valence-corrected chi connectivity index (χ3v) is 5.89. The van der Waals surface area contributed by atoms with Crippen molar-refractivity contribution in [2.24, 2.45) is 5.73 Å². The van der Waals surface area contributed by atoms with E-state index in [-0.39, 0.29) is 5.91 Å². The summed E-state index contributed by atoms with van der Waals surface area (Å²) in [6.45, 7) is 1.95. The first-order chi connectivity index (χ1) is 16.2. The highest BCUT2D eigenvalue weighted by atomic mass is 19.4. The first-order valence-electron chi connectivity index (χ1n) is 10.9. The van der Waals surface area contributed by atoms with E-state index in [1.165, 1.54) is 12.1 Å². The first kappa shape index (κ1) is 23.7. The molecule has 0 radical (unpaired) electrons. The molecule has 3 aromatic carbocycles. The van der Waals surface area contributed by atoms with Gasteiger partial charge in [0.2, 0.25) is 0 Å². The number of rotatable bonds is 6. The second-order valence-electron chi connectivity index (χ2n) is 8.34. The Morgan fingerprint density at radius 3 is 2.50 bits per heavy atom. The molecule has 1 heterocycles. The van der Waals surface area contributed by atoms with Crippen LogP contribution < -0.4 is 11.1 Å². The Hall–Kier alpha value is -3.49. The first-order valence-corrected chi connectivity index (χ1v) is 10.9. The van der Waals surface area contributed by atoms with E-state index < -0.39 is 17.8 Å². The van der Waals surface area contributed by atoms with Crippen molar-refractivity contribution in [1.82, 2.24) is 4.90 Å². The molecule has 1 amide bonds. The van der Waals surface area contributed by atoms with E-state index in [1.807, 2.05) is 18.2 Å². The van der Waals surface area contributed by atoms with Crippen LogP contribution in [0.25, 0.3) is 11.1 Å². The van der Waals surface area contributed by atoms with Gasteiger partial charge in [-0.25, -0.2) is 0 Å². The summed E-state index contributed by atoms with van der Waals surface area (Å²) in [7, 11) is 0. The molecule has 8 heteroatoms. The summed E-state index contributed by atoms with van der Waals surface area (Å²) >= 11 is 0. The number of aldehydes is 1. The van der Waals surface area contributed by atoms with E-state index in [1.54, 1.807) is 24.3 Å². The fourth-order valence-electron chi connectivity index (χ4n) is 4.16. The number of amides is 1. The van der Waals surface area contributed by atoms with Crippen molar-refractivity contribution < 1.29 is 22.8 Å². The van der Waals surface area contributed by atoms with Gasteiger partial charge in [0.25, 0.3) is 5.91 Å². The summed E-state index contributed by atoms with van der Waals surface area (Å²) in [5.74, 6) is -0.343. The molecule has 1 unspecified atom stereocenters. The van der Waals surface area contributed by atoms with E-state index in [2.05, 4.69) is 10.2 Å². The van der Waals surface area contributed by atoms with Crippen molar-refractivity contribution in [1.29, 1.82) is 0 Å². The summed E-state index contributed by atoms with van der Waals surface area (Å²) in [6.07, 6.45) is -2.90. The molecule has 0 saturated heterocycles. The second-order valence-corrected chi connectivity index (χ2v) is 8.34. The van der Waals surface area contributed by atoms with E-state index in [4.69, 9.17) is 5.73 Å². The van der Waals surface area contributed by atoms with Gasteiger partial charge in [0.15, 0.2) is 0 Å². The predicted octanol–water partition coefficient (Wildman–Crippen LogP) is 4.51. The molecule has 1 atom stereocenters. The number of nitrogens with one attached hydrogen (secondary N) is 1. The summed E-state index contributed by atoms with van der Waals surface area (Å²) in [4.78, 5) is 26.0. The highest BCUT2D eigenvalue weighted by Crippen LogP contribution is 2.32. The molecule has 0 spiro atoms. The lowest BCUT2D eigenvalue weighted by Crippen LogP contribution is -2.41. The summed E-state index contributed by atoms with van der Waals surface area (Å²) in [5, 5.41) is 2.91. The van der Waals surface area contributed by atoms with Crippen LogP contribution in [0.1, 0.15) is 27.0 Å². The third-order valence-electron chi connectivity index (χ3n) is 5.89. The van der Waals surface area contributed by atoms with Crippen molar-refractivity contribution in [2.75, 3.05) is 18.4 Å². The van der Waals surface area contributed by atoms with Gasteiger partial charge >= 0.3 is 6.18 Å². The molecule has 34 heavy (non-hydrogen) atoms. The van der Waals surface area contributed by atoms with E-state index in [0.29, 0.717) is 35.5 Å². The number of hydrogen-bond donors (Lipinski definition) is 2. The Labute approximate surface area is 195 Å². The van der Waals surface area contributed by atoms with Crippen molar-refractivity contribution in [3.05, 3.63) is 89.0 Å². The van der Waals surface area contributed by atoms with Gasteiger partial charge in [0, 0.05) is 30.9 Å². The number of carbonyl (C=O) groups is 2. The Morgan fingerprint density at radius 2 is 1.79 bits per heavy atom. The van der Waals surface area contributed by atoms with Gasteiger partial charge in [0.05, 0.1) is 11.6 Å². The van der Waals surface area contributed by atoms with Crippen molar-refractivity contribution in [3.8, 4) is 11.1 Å². The van der Waals surface area contributed by atoms with Crippen LogP contribution >= 0.6 is 0 Å². The SMILES string of the molecule is NC(C=O)CN1CCc2cc(NC(=O)c3ccccc3-c3ccc(C(F)(F)F)cc3)ccc2C1. The molecule has 0 fully saturated rings. The maximum absolute atomic E-state index is 13.1. The van der Waals surface area contributed by atoms with Gasteiger partial charge in [-0.1, -0.05) is 36.4 Å². The smallest absolute Gasteiger partial charge is 0.322 e. The zero-order valence-electron chi connectivity index (χ0n) is 18.3. The van der Waals surface area contributed by atoms with Crippen LogP contribution in [0.4, 0.5) is 18.9 Å². The van der Waals surface area contributed by atoms with Gasteiger partial charge in [0.1, 0.15) is 6.29 Å². The fourth-order valence-corrected chi connectivity index (χ4v) is 4.16. The molecule has 0 aliphatic carbocycles. The monoisotopic (exact) mass is 467 g/mol. The number of anilines is 1. The molecule has 176 valence electrons. The van der Waals surface area contributed by atoms with Gasteiger partial charge in [-0.15, -0.1) is 0 Å². The number of benzene rings is 3. The van der Waals surface area contributed by atoms with Gasteiger partial charge < -0.3 is 15.8 Å². The Kier molecular flexibility index (Phi) is 6.81. The molecule has 3 N–H and O–H groups in total. The second kappa shape index (κ2) is 9.79. The zero-order valence-corrected chi connectivity index (χ0v) is 18.3. The number of hydrogen-bond acceptors (Lipinski definition) is 4. The zero-order chi connectivity index (χ0) is 24.3. The van der Waals surface area contributed by atoms with Gasteiger partial charge in [-0.05, 0) is 59.0 Å². The summed E-state index contributed by atoms with van der Waals surface area (Å²) in [5.41, 5.74) is 9.32. The Bertz CT molecular complexity index is 1190. The number of alkyl halides is 3. The Balaban J connectivity index is 1.51. The minimum atomic E-state index is -4.42. The topological polar surface area (TPSA) is 75.4 Å². The summed E-state index contributed by atoms with van der Waals surface area (Å²) < 4.78 is 38.7. The number of nitrogens with two attached hydrogens (primary N) is 1. The molecular weight excluding hydrogens is 443 g/mol. The molecule has 4 rings (SSSR count). The molecule has 1 aliphatic heterocycles. The van der Waals surface area contributed by atoms with Crippen LogP contribution in [0.2, 0.25) is 0 Å². The minimum Gasteiger partial charge on any atom is -0.322 e. The van der Waals surface area contributed by atoms with Crippen LogP contribution in [0.5, 0.6) is 0 Å². The molecule has 3 aromatic rings. The number of nitrogens with zero attached hydrogens (tertiary/aromatic N) is 1. The molecule has 5 nitrogen and oxygen atoms in total.